The van der Waals surface area contributed by atoms with E-state index in [1.54, 1.807) is 0 Å². The second-order valence-corrected chi connectivity index (χ2v) is 6.60. The molecular formula is C13H24N2S. The largest absolute Gasteiger partial charge is 0.303 e. The van der Waals surface area contributed by atoms with Crippen LogP contribution in [0.3, 0.4) is 0 Å². The Bertz CT molecular complexity index is 239. The predicted octanol–water partition coefficient (Wildman–Crippen LogP) is 3.14. The highest BCUT2D eigenvalue weighted by molar-refractivity contribution is 7.99. The molecule has 0 aliphatic carbocycles. The third kappa shape index (κ3) is 4.76. The maximum Gasteiger partial charge on any atom is 0.0683 e. The Morgan fingerprint density at radius 2 is 2.19 bits per heavy atom. The topological polar surface area (TPSA) is 27.0 Å². The van der Waals surface area contributed by atoms with Crippen LogP contribution in [0.25, 0.3) is 0 Å². The maximum absolute atomic E-state index is 8.91. The van der Waals surface area contributed by atoms with Crippen LogP contribution >= 0.6 is 11.8 Å². The lowest BCUT2D eigenvalue weighted by Gasteiger charge is -2.23. The molecular weight excluding hydrogens is 216 g/mol. The molecule has 1 rings (SSSR count). The summed E-state index contributed by atoms with van der Waals surface area (Å²) in [5.74, 6) is 2.64. The van der Waals surface area contributed by atoms with Gasteiger partial charge in [0.2, 0.25) is 0 Å². The van der Waals surface area contributed by atoms with Gasteiger partial charge in [-0.05, 0) is 52.5 Å². The van der Waals surface area contributed by atoms with Gasteiger partial charge in [0.15, 0.2) is 0 Å². The van der Waals surface area contributed by atoms with Crippen LogP contribution in [0.15, 0.2) is 0 Å². The van der Waals surface area contributed by atoms with Gasteiger partial charge >= 0.3 is 0 Å². The fourth-order valence-corrected chi connectivity index (χ4v) is 3.33. The highest BCUT2D eigenvalue weighted by atomic mass is 32.2. The number of unbranched alkanes of at least 4 members (excludes halogenated alkanes) is 1. The van der Waals surface area contributed by atoms with Gasteiger partial charge in [0.25, 0.3) is 0 Å². The van der Waals surface area contributed by atoms with Crippen molar-refractivity contribution >= 4 is 11.8 Å². The van der Waals surface area contributed by atoms with E-state index in [4.69, 9.17) is 5.26 Å². The molecule has 0 aromatic heterocycles. The van der Waals surface area contributed by atoms with E-state index in [1.165, 1.54) is 37.3 Å². The first-order valence-corrected chi connectivity index (χ1v) is 7.40. The van der Waals surface area contributed by atoms with Crippen molar-refractivity contribution < 1.29 is 0 Å². The Morgan fingerprint density at radius 1 is 1.44 bits per heavy atom. The molecule has 0 radical (unpaired) electrons. The van der Waals surface area contributed by atoms with Crippen LogP contribution in [-0.2, 0) is 0 Å². The molecule has 92 valence electrons. The zero-order valence-corrected chi connectivity index (χ0v) is 11.6. The van der Waals surface area contributed by atoms with E-state index in [-0.39, 0.29) is 5.41 Å². The predicted molar refractivity (Wildman–Crippen MR) is 71.6 cm³/mol. The summed E-state index contributed by atoms with van der Waals surface area (Å²) in [6.45, 7) is 5.25. The quantitative estimate of drug-likeness (QED) is 0.667. The second kappa shape index (κ2) is 6.51. The molecule has 1 aliphatic heterocycles. The summed E-state index contributed by atoms with van der Waals surface area (Å²) in [6, 6.07) is 3.17. The molecule has 0 spiro atoms. The monoisotopic (exact) mass is 240 g/mol. The highest BCUT2D eigenvalue weighted by Crippen LogP contribution is 2.23. The van der Waals surface area contributed by atoms with Crippen molar-refractivity contribution in [2.24, 2.45) is 5.41 Å². The molecule has 0 amide bonds. The first-order chi connectivity index (χ1) is 7.55. The number of thioether (sulfide) groups is 1. The van der Waals surface area contributed by atoms with Gasteiger partial charge < -0.3 is 4.90 Å². The van der Waals surface area contributed by atoms with Crippen molar-refractivity contribution in [1.82, 2.24) is 4.90 Å². The SMILES string of the molecule is CN(CCCCC(C)(C)C#N)C1CCSC1. The van der Waals surface area contributed by atoms with Gasteiger partial charge in [-0.25, -0.2) is 0 Å². The fraction of sp³-hybridized carbons (Fsp3) is 0.923. The molecule has 2 nitrogen and oxygen atoms in total. The van der Waals surface area contributed by atoms with Crippen LogP contribution in [0.5, 0.6) is 0 Å². The average molecular weight is 240 g/mol. The van der Waals surface area contributed by atoms with Gasteiger partial charge in [0, 0.05) is 11.8 Å². The van der Waals surface area contributed by atoms with Gasteiger partial charge in [-0.15, -0.1) is 0 Å². The molecule has 1 aliphatic rings. The molecule has 16 heavy (non-hydrogen) atoms. The highest BCUT2D eigenvalue weighted by Gasteiger charge is 2.20. The Balaban J connectivity index is 2.09. The molecule has 3 heteroatoms. The van der Waals surface area contributed by atoms with E-state index < -0.39 is 0 Å². The van der Waals surface area contributed by atoms with Gasteiger partial charge in [-0.1, -0.05) is 6.42 Å². The van der Waals surface area contributed by atoms with Crippen molar-refractivity contribution in [3.05, 3.63) is 0 Å². The Kier molecular flexibility index (Phi) is 5.64. The van der Waals surface area contributed by atoms with E-state index in [0.717, 1.165) is 12.5 Å². The van der Waals surface area contributed by atoms with Crippen molar-refractivity contribution in [1.29, 1.82) is 5.26 Å². The molecule has 0 N–H and O–H groups in total. The van der Waals surface area contributed by atoms with Crippen LogP contribution in [0.2, 0.25) is 0 Å². The number of rotatable bonds is 6. The Hall–Kier alpha value is -0.200. The standard InChI is InChI=1S/C13H24N2S/c1-13(2,11-14)7-4-5-8-15(3)12-6-9-16-10-12/h12H,4-10H2,1-3H3. The molecule has 1 unspecified atom stereocenters. The molecule has 0 aromatic carbocycles. The van der Waals surface area contributed by atoms with Crippen molar-refractivity contribution in [2.45, 2.75) is 45.6 Å². The van der Waals surface area contributed by atoms with Gasteiger partial charge in [-0.3, -0.25) is 0 Å². The third-order valence-corrected chi connectivity index (χ3v) is 4.54. The first kappa shape index (κ1) is 13.9. The Morgan fingerprint density at radius 3 is 2.75 bits per heavy atom. The van der Waals surface area contributed by atoms with E-state index in [9.17, 15) is 0 Å². The maximum atomic E-state index is 8.91. The minimum absolute atomic E-state index is 0.137. The van der Waals surface area contributed by atoms with Crippen molar-refractivity contribution in [3.8, 4) is 6.07 Å². The van der Waals surface area contributed by atoms with Gasteiger partial charge in [0.05, 0.1) is 11.5 Å². The van der Waals surface area contributed by atoms with Crippen LogP contribution in [0, 0.1) is 16.7 Å². The van der Waals surface area contributed by atoms with Crippen LogP contribution in [0.1, 0.15) is 39.5 Å². The number of nitriles is 1. The molecule has 1 saturated heterocycles. The summed E-state index contributed by atoms with van der Waals surface area (Å²) >= 11 is 2.07. The average Bonchev–Trinajstić information content (AvgIpc) is 2.77. The van der Waals surface area contributed by atoms with E-state index in [2.05, 4.69) is 29.8 Å². The lowest BCUT2D eigenvalue weighted by molar-refractivity contribution is 0.252. The minimum Gasteiger partial charge on any atom is -0.303 e. The molecule has 0 aromatic rings. The minimum atomic E-state index is -0.137. The smallest absolute Gasteiger partial charge is 0.0683 e. The summed E-state index contributed by atoms with van der Waals surface area (Å²) in [5, 5.41) is 8.91. The lowest BCUT2D eigenvalue weighted by Crippen LogP contribution is -2.32. The molecule has 1 heterocycles. The van der Waals surface area contributed by atoms with Gasteiger partial charge in [0.1, 0.15) is 0 Å². The summed E-state index contributed by atoms with van der Waals surface area (Å²) in [7, 11) is 2.24. The fourth-order valence-electron chi connectivity index (χ4n) is 2.04. The van der Waals surface area contributed by atoms with E-state index in [0.29, 0.717) is 0 Å². The second-order valence-electron chi connectivity index (χ2n) is 5.45. The van der Waals surface area contributed by atoms with Gasteiger partial charge in [-0.2, -0.15) is 17.0 Å². The number of hydrogen-bond donors (Lipinski definition) is 0. The molecule has 0 bridgehead atoms. The summed E-state index contributed by atoms with van der Waals surface area (Å²) in [4.78, 5) is 2.50. The lowest BCUT2D eigenvalue weighted by atomic mass is 9.89. The number of nitrogens with zero attached hydrogens (tertiary/aromatic N) is 2. The van der Waals surface area contributed by atoms with E-state index in [1.807, 2.05) is 13.8 Å². The molecule has 1 atom stereocenters. The third-order valence-electron chi connectivity index (χ3n) is 3.39. The summed E-state index contributed by atoms with van der Waals surface area (Å²) in [6.07, 6.45) is 4.77. The Labute approximate surface area is 104 Å². The van der Waals surface area contributed by atoms with Crippen LogP contribution in [-0.4, -0.2) is 36.0 Å². The van der Waals surface area contributed by atoms with Crippen molar-refractivity contribution in [3.63, 3.8) is 0 Å². The zero-order valence-electron chi connectivity index (χ0n) is 10.8. The summed E-state index contributed by atoms with van der Waals surface area (Å²) in [5.41, 5.74) is -0.137. The molecule has 0 saturated carbocycles. The van der Waals surface area contributed by atoms with E-state index >= 15 is 0 Å². The number of hydrogen-bond acceptors (Lipinski definition) is 3. The first-order valence-electron chi connectivity index (χ1n) is 6.24. The zero-order chi connectivity index (χ0) is 12.0. The van der Waals surface area contributed by atoms with Crippen LogP contribution in [0.4, 0.5) is 0 Å². The van der Waals surface area contributed by atoms with Crippen LogP contribution < -0.4 is 0 Å². The summed E-state index contributed by atoms with van der Waals surface area (Å²) < 4.78 is 0. The molecule has 1 fully saturated rings. The van der Waals surface area contributed by atoms with Crippen molar-refractivity contribution in [2.75, 3.05) is 25.1 Å². The normalized spacial score (nSPS) is 21.3.